The van der Waals surface area contributed by atoms with Crippen LogP contribution < -0.4 is 10.0 Å². The standard InChI is InChI=1S/C11H16N4O6S/c1-22(18,19)21-15-7-4-9(13-15)10(16)20-8-2-5-14(6-3-8)11(12)17/h4,7-8H,2-3,5-6H2,1H3,(H2,12,17). The first-order valence-electron chi connectivity index (χ1n) is 6.45. The normalized spacial score (nSPS) is 16.3. The summed E-state index contributed by atoms with van der Waals surface area (Å²) in [6, 6.07) is 0.785. The molecule has 11 heteroatoms. The number of hydrogen-bond acceptors (Lipinski definition) is 7. The maximum absolute atomic E-state index is 11.9. The Morgan fingerprint density at radius 2 is 2.00 bits per heavy atom. The average Bonchev–Trinajstić information content (AvgIpc) is 2.85. The van der Waals surface area contributed by atoms with E-state index in [-0.39, 0.29) is 11.8 Å². The molecule has 0 spiro atoms. The summed E-state index contributed by atoms with van der Waals surface area (Å²) >= 11 is 0. The Kier molecular flexibility index (Phi) is 4.54. The molecule has 0 saturated carbocycles. The minimum Gasteiger partial charge on any atom is -0.457 e. The highest BCUT2D eigenvalue weighted by atomic mass is 32.2. The van der Waals surface area contributed by atoms with Crippen LogP contribution >= 0.6 is 0 Å². The van der Waals surface area contributed by atoms with E-state index in [9.17, 15) is 18.0 Å². The molecule has 1 saturated heterocycles. The second-order valence-electron chi connectivity index (χ2n) is 4.81. The van der Waals surface area contributed by atoms with Crippen molar-refractivity contribution in [3.63, 3.8) is 0 Å². The highest BCUT2D eigenvalue weighted by molar-refractivity contribution is 7.86. The molecule has 22 heavy (non-hydrogen) atoms. The summed E-state index contributed by atoms with van der Waals surface area (Å²) in [6.07, 6.45) is 2.67. The van der Waals surface area contributed by atoms with Gasteiger partial charge in [-0.25, -0.2) is 9.59 Å². The Labute approximate surface area is 126 Å². The van der Waals surface area contributed by atoms with E-state index < -0.39 is 22.1 Å². The van der Waals surface area contributed by atoms with E-state index in [1.807, 2.05) is 0 Å². The van der Waals surface area contributed by atoms with Crippen molar-refractivity contribution in [2.24, 2.45) is 5.73 Å². The number of nitrogens with zero attached hydrogens (tertiary/aromatic N) is 3. The number of amides is 2. The highest BCUT2D eigenvalue weighted by Gasteiger charge is 2.25. The molecule has 2 N–H and O–H groups in total. The van der Waals surface area contributed by atoms with E-state index in [1.165, 1.54) is 17.2 Å². The van der Waals surface area contributed by atoms with E-state index in [1.54, 1.807) is 0 Å². The molecule has 0 aromatic carbocycles. The molecule has 1 aliphatic heterocycles. The van der Waals surface area contributed by atoms with Crippen LogP contribution in [0.15, 0.2) is 12.3 Å². The van der Waals surface area contributed by atoms with Crippen molar-refractivity contribution >= 4 is 22.1 Å². The van der Waals surface area contributed by atoms with Gasteiger partial charge in [0.15, 0.2) is 5.69 Å². The predicted octanol–water partition coefficient (Wildman–Crippen LogP) is -1.03. The van der Waals surface area contributed by atoms with Gasteiger partial charge in [0.2, 0.25) is 0 Å². The van der Waals surface area contributed by atoms with Crippen LogP contribution in [0, 0.1) is 0 Å². The zero-order valence-electron chi connectivity index (χ0n) is 11.8. The van der Waals surface area contributed by atoms with Crippen LogP contribution in [0.1, 0.15) is 23.3 Å². The third kappa shape index (κ3) is 4.35. The highest BCUT2D eigenvalue weighted by Crippen LogP contribution is 2.15. The van der Waals surface area contributed by atoms with Crippen molar-refractivity contribution in [3.05, 3.63) is 18.0 Å². The summed E-state index contributed by atoms with van der Waals surface area (Å²) in [4.78, 5) is 25.0. The molecule has 2 heterocycles. The smallest absolute Gasteiger partial charge is 0.359 e. The summed E-state index contributed by atoms with van der Waals surface area (Å²) in [5, 5.41) is 3.66. The van der Waals surface area contributed by atoms with Crippen LogP contribution in [-0.2, 0) is 14.9 Å². The molecule has 0 unspecified atom stereocenters. The summed E-state index contributed by atoms with van der Waals surface area (Å²) in [6.45, 7) is 0.831. The molecule has 0 aliphatic carbocycles. The van der Waals surface area contributed by atoms with Crippen molar-refractivity contribution in [2.45, 2.75) is 18.9 Å². The van der Waals surface area contributed by atoms with Gasteiger partial charge in [0.1, 0.15) is 6.10 Å². The Hall–Kier alpha value is -2.30. The molecule has 0 radical (unpaired) electrons. The lowest BCUT2D eigenvalue weighted by atomic mass is 10.1. The second kappa shape index (κ2) is 6.22. The number of carbonyl (C=O) groups is 2. The maximum Gasteiger partial charge on any atom is 0.359 e. The van der Waals surface area contributed by atoms with Crippen LogP contribution in [0.4, 0.5) is 4.79 Å². The van der Waals surface area contributed by atoms with Crippen molar-refractivity contribution < 1.29 is 27.0 Å². The van der Waals surface area contributed by atoms with Gasteiger partial charge in [-0.05, 0) is 6.07 Å². The second-order valence-corrected chi connectivity index (χ2v) is 6.37. The lowest BCUT2D eigenvalue weighted by Crippen LogP contribution is -2.44. The fraction of sp³-hybridized carbons (Fsp3) is 0.545. The van der Waals surface area contributed by atoms with Crippen LogP contribution in [0.2, 0.25) is 0 Å². The van der Waals surface area contributed by atoms with Crippen molar-refractivity contribution in [3.8, 4) is 0 Å². The maximum atomic E-state index is 11.9. The summed E-state index contributed by atoms with van der Waals surface area (Å²) in [7, 11) is -3.73. The molecule has 10 nitrogen and oxygen atoms in total. The van der Waals surface area contributed by atoms with E-state index in [2.05, 4.69) is 9.38 Å². The molecule has 122 valence electrons. The lowest BCUT2D eigenvalue weighted by molar-refractivity contribution is 0.0146. The number of primary amides is 1. The molecule has 0 atom stereocenters. The minimum absolute atomic E-state index is 0.0685. The van der Waals surface area contributed by atoms with E-state index in [0.29, 0.717) is 30.8 Å². The number of esters is 1. The monoisotopic (exact) mass is 332 g/mol. The van der Waals surface area contributed by atoms with Crippen molar-refractivity contribution in [1.82, 2.24) is 14.8 Å². The van der Waals surface area contributed by atoms with E-state index >= 15 is 0 Å². The Bertz CT molecular complexity index is 662. The molecule has 1 aliphatic rings. The number of ether oxygens (including phenoxy) is 1. The molecule has 1 aromatic rings. The summed E-state index contributed by atoms with van der Waals surface area (Å²) < 4.78 is 31.6. The molecular formula is C11H16N4O6S. The third-order valence-electron chi connectivity index (χ3n) is 3.01. The number of hydrogen-bond donors (Lipinski definition) is 1. The Balaban J connectivity index is 1.89. The van der Waals surface area contributed by atoms with Crippen LogP contribution in [0.25, 0.3) is 0 Å². The Morgan fingerprint density at radius 3 is 2.55 bits per heavy atom. The van der Waals surface area contributed by atoms with Gasteiger partial charge in [-0.2, -0.15) is 8.42 Å². The van der Waals surface area contributed by atoms with Gasteiger partial charge in [-0.15, -0.1) is 5.10 Å². The zero-order chi connectivity index (χ0) is 16.3. The number of carbonyl (C=O) groups excluding carboxylic acids is 2. The largest absolute Gasteiger partial charge is 0.457 e. The number of likely N-dealkylation sites (tertiary alicyclic amines) is 1. The zero-order valence-corrected chi connectivity index (χ0v) is 12.7. The number of urea groups is 1. The number of nitrogens with two attached hydrogens (primary N) is 1. The van der Waals surface area contributed by atoms with Gasteiger partial charge < -0.3 is 15.4 Å². The molecule has 2 amide bonds. The van der Waals surface area contributed by atoms with Gasteiger partial charge in [-0.3, -0.25) is 4.28 Å². The number of aromatic nitrogens is 2. The van der Waals surface area contributed by atoms with Gasteiger partial charge in [0, 0.05) is 25.9 Å². The first-order valence-corrected chi connectivity index (χ1v) is 8.27. The van der Waals surface area contributed by atoms with Gasteiger partial charge >= 0.3 is 22.1 Å². The molecular weight excluding hydrogens is 316 g/mol. The van der Waals surface area contributed by atoms with Gasteiger partial charge in [-0.1, -0.05) is 4.85 Å². The predicted molar refractivity (Wildman–Crippen MR) is 73.2 cm³/mol. The van der Waals surface area contributed by atoms with E-state index in [4.69, 9.17) is 10.5 Å². The fourth-order valence-corrected chi connectivity index (χ4v) is 2.36. The van der Waals surface area contributed by atoms with Crippen molar-refractivity contribution in [1.29, 1.82) is 0 Å². The van der Waals surface area contributed by atoms with Crippen LogP contribution in [0.3, 0.4) is 0 Å². The first-order chi connectivity index (χ1) is 10.2. The van der Waals surface area contributed by atoms with Crippen LogP contribution in [-0.4, -0.2) is 60.7 Å². The summed E-state index contributed by atoms with van der Waals surface area (Å²) in [5.41, 5.74) is 5.09. The molecule has 1 fully saturated rings. The average molecular weight is 332 g/mol. The third-order valence-corrected chi connectivity index (χ3v) is 3.44. The van der Waals surface area contributed by atoms with Gasteiger partial charge in [0.25, 0.3) is 0 Å². The fourth-order valence-electron chi connectivity index (χ4n) is 2.00. The van der Waals surface area contributed by atoms with Crippen LogP contribution in [0.5, 0.6) is 0 Å². The molecule has 2 rings (SSSR count). The first kappa shape index (κ1) is 16.1. The number of piperidine rings is 1. The molecule has 0 bridgehead atoms. The Morgan fingerprint density at radius 1 is 1.36 bits per heavy atom. The molecule has 1 aromatic heterocycles. The quantitative estimate of drug-likeness (QED) is 0.697. The number of rotatable bonds is 4. The SMILES string of the molecule is CS(=O)(=O)On1ccc(C(=O)OC2CCN(C(N)=O)CC2)n1. The topological polar surface area (TPSA) is 134 Å². The van der Waals surface area contributed by atoms with E-state index in [0.717, 1.165) is 6.26 Å². The minimum atomic E-state index is -3.73. The van der Waals surface area contributed by atoms with Gasteiger partial charge in [0.05, 0.1) is 12.5 Å². The summed E-state index contributed by atoms with van der Waals surface area (Å²) in [5.74, 6) is -0.687. The van der Waals surface area contributed by atoms with Crippen molar-refractivity contribution in [2.75, 3.05) is 19.3 Å². The lowest BCUT2D eigenvalue weighted by Gasteiger charge is -2.30.